The first-order valence-electron chi connectivity index (χ1n) is 11.0. The van der Waals surface area contributed by atoms with Crippen LogP contribution in [-0.2, 0) is 26.2 Å². The summed E-state index contributed by atoms with van der Waals surface area (Å²) in [6, 6.07) is 16.7. The highest BCUT2D eigenvalue weighted by atomic mass is 35.5. The number of hydrogen-bond donors (Lipinski definition) is 1. The largest absolute Gasteiger partial charge is 0.357 e. The molecule has 3 aromatic rings. The van der Waals surface area contributed by atoms with Crippen molar-refractivity contribution >= 4 is 61.5 Å². The monoisotopic (exact) mass is 535 g/mol. The third-order valence-electron chi connectivity index (χ3n) is 5.74. The van der Waals surface area contributed by atoms with Crippen LogP contribution >= 0.6 is 23.2 Å². The summed E-state index contributed by atoms with van der Waals surface area (Å²) in [6.07, 6.45) is 1.36. The molecule has 2 amide bonds. The first-order valence-corrected chi connectivity index (χ1v) is 13.6. The van der Waals surface area contributed by atoms with Gasteiger partial charge in [-0.05, 0) is 30.0 Å². The Labute approximate surface area is 215 Å². The van der Waals surface area contributed by atoms with E-state index in [0.29, 0.717) is 33.1 Å². The summed E-state index contributed by atoms with van der Waals surface area (Å²) in [4.78, 5) is 27.7. The van der Waals surface area contributed by atoms with Crippen molar-refractivity contribution in [3.8, 4) is 0 Å². The van der Waals surface area contributed by atoms with Gasteiger partial charge in [0.15, 0.2) is 0 Å². The Morgan fingerprint density at radius 1 is 0.971 bits per heavy atom. The van der Waals surface area contributed by atoms with E-state index in [9.17, 15) is 18.0 Å². The van der Waals surface area contributed by atoms with Crippen molar-refractivity contribution in [3.63, 3.8) is 0 Å². The van der Waals surface area contributed by atoms with Crippen LogP contribution in [0.2, 0.25) is 10.0 Å². The average Bonchev–Trinajstić information content (AvgIpc) is 2.82. The Hall–Kier alpha value is -2.81. The van der Waals surface area contributed by atoms with Gasteiger partial charge < -0.3 is 10.2 Å². The van der Waals surface area contributed by atoms with Gasteiger partial charge in [-0.1, -0.05) is 72.6 Å². The number of carbonyl (C=O) groups is 2. The molecule has 0 spiro atoms. The molecule has 1 atom stereocenters. The molecule has 3 aromatic carbocycles. The molecular weight excluding hydrogens is 509 g/mol. The number of amides is 2. The number of hydrogen-bond acceptors (Lipinski definition) is 4. The van der Waals surface area contributed by atoms with E-state index >= 15 is 0 Å². The normalized spacial score (nSPS) is 12.3. The highest BCUT2D eigenvalue weighted by Gasteiger charge is 2.32. The van der Waals surface area contributed by atoms with Crippen LogP contribution in [0.1, 0.15) is 18.9 Å². The van der Waals surface area contributed by atoms with Crippen molar-refractivity contribution in [2.24, 2.45) is 0 Å². The van der Waals surface area contributed by atoms with Crippen molar-refractivity contribution in [2.75, 3.05) is 24.2 Å². The molecule has 0 unspecified atom stereocenters. The molecule has 0 saturated carbocycles. The van der Waals surface area contributed by atoms with Crippen LogP contribution in [0.3, 0.4) is 0 Å². The van der Waals surface area contributed by atoms with E-state index in [-0.39, 0.29) is 12.5 Å². The molecule has 0 bridgehead atoms. The molecule has 7 nitrogen and oxygen atoms in total. The van der Waals surface area contributed by atoms with Crippen LogP contribution in [0.25, 0.3) is 10.8 Å². The Balaban J connectivity index is 2.07. The molecule has 0 aliphatic heterocycles. The van der Waals surface area contributed by atoms with Crippen molar-refractivity contribution in [1.82, 2.24) is 10.2 Å². The number of halogens is 2. The van der Waals surface area contributed by atoms with Gasteiger partial charge in [-0.15, -0.1) is 0 Å². The number of anilines is 1. The molecule has 0 aliphatic rings. The summed E-state index contributed by atoms with van der Waals surface area (Å²) in [5, 5.41) is 4.79. The van der Waals surface area contributed by atoms with Gasteiger partial charge in [0.25, 0.3) is 0 Å². The maximum absolute atomic E-state index is 13.7. The Morgan fingerprint density at radius 3 is 2.17 bits per heavy atom. The number of rotatable bonds is 9. The number of benzene rings is 3. The lowest BCUT2D eigenvalue weighted by Gasteiger charge is -2.33. The van der Waals surface area contributed by atoms with Crippen LogP contribution in [-0.4, -0.2) is 51.0 Å². The Morgan fingerprint density at radius 2 is 1.57 bits per heavy atom. The average molecular weight is 536 g/mol. The van der Waals surface area contributed by atoms with Crippen LogP contribution < -0.4 is 9.62 Å². The third kappa shape index (κ3) is 6.07. The minimum Gasteiger partial charge on any atom is -0.357 e. The first kappa shape index (κ1) is 26.8. The quantitative estimate of drug-likeness (QED) is 0.438. The standard InChI is InChI=1S/C25H27Cl2N3O4S/c1-4-22(25(32)28-2)29(15-19-20(26)12-8-13-21(19)27)24(31)16-30(35(3,33)34)23-14-7-10-17-9-5-6-11-18(17)23/h5-14,22H,4,15-16H2,1-3H3,(H,28,32)/t22-/m0/s1. The predicted molar refractivity (Wildman–Crippen MR) is 141 cm³/mol. The van der Waals surface area contributed by atoms with Crippen LogP contribution in [0.4, 0.5) is 5.69 Å². The maximum Gasteiger partial charge on any atom is 0.244 e. The molecule has 186 valence electrons. The Bertz CT molecular complexity index is 1320. The molecule has 0 aromatic heterocycles. The molecule has 0 aliphatic carbocycles. The highest BCUT2D eigenvalue weighted by molar-refractivity contribution is 7.92. The summed E-state index contributed by atoms with van der Waals surface area (Å²) >= 11 is 12.7. The maximum atomic E-state index is 13.7. The number of sulfonamides is 1. The fraction of sp³-hybridized carbons (Fsp3) is 0.280. The molecule has 10 heteroatoms. The van der Waals surface area contributed by atoms with Crippen LogP contribution in [0.15, 0.2) is 60.7 Å². The lowest BCUT2D eigenvalue weighted by Crippen LogP contribution is -2.51. The highest BCUT2D eigenvalue weighted by Crippen LogP contribution is 2.30. The van der Waals surface area contributed by atoms with Gasteiger partial charge in [0, 0.05) is 34.6 Å². The minimum absolute atomic E-state index is 0.0591. The summed E-state index contributed by atoms with van der Waals surface area (Å²) < 4.78 is 26.8. The number of nitrogens with one attached hydrogen (secondary N) is 1. The van der Waals surface area contributed by atoms with Crippen molar-refractivity contribution in [1.29, 1.82) is 0 Å². The topological polar surface area (TPSA) is 86.8 Å². The number of fused-ring (bicyclic) bond motifs is 1. The predicted octanol–water partition coefficient (Wildman–Crippen LogP) is 4.47. The van der Waals surface area contributed by atoms with E-state index in [0.717, 1.165) is 15.9 Å². The first-order chi connectivity index (χ1) is 16.6. The van der Waals surface area contributed by atoms with Crippen molar-refractivity contribution in [2.45, 2.75) is 25.9 Å². The summed E-state index contributed by atoms with van der Waals surface area (Å²) in [5.74, 6) is -0.935. The molecule has 35 heavy (non-hydrogen) atoms. The fourth-order valence-electron chi connectivity index (χ4n) is 3.96. The number of nitrogens with zero attached hydrogens (tertiary/aromatic N) is 2. The van der Waals surface area contributed by atoms with E-state index < -0.39 is 28.5 Å². The second-order valence-corrected chi connectivity index (χ2v) is 10.7. The van der Waals surface area contributed by atoms with Gasteiger partial charge in [0.1, 0.15) is 12.6 Å². The molecule has 0 radical (unpaired) electrons. The number of carbonyl (C=O) groups excluding carboxylic acids is 2. The molecule has 0 saturated heterocycles. The zero-order valence-electron chi connectivity index (χ0n) is 19.7. The van der Waals surface area contributed by atoms with Crippen molar-refractivity contribution in [3.05, 3.63) is 76.3 Å². The van der Waals surface area contributed by atoms with Gasteiger partial charge in [0.05, 0.1) is 11.9 Å². The lowest BCUT2D eigenvalue weighted by atomic mass is 10.1. The van der Waals surface area contributed by atoms with Gasteiger partial charge >= 0.3 is 0 Å². The molecule has 0 heterocycles. The van der Waals surface area contributed by atoms with E-state index in [1.54, 1.807) is 49.4 Å². The molecule has 0 fully saturated rings. The smallest absolute Gasteiger partial charge is 0.244 e. The third-order valence-corrected chi connectivity index (χ3v) is 7.57. The zero-order valence-corrected chi connectivity index (χ0v) is 22.0. The second-order valence-electron chi connectivity index (χ2n) is 8.03. The number of likely N-dealkylation sites (N-methyl/N-ethyl adjacent to an activating group) is 1. The summed E-state index contributed by atoms with van der Waals surface area (Å²) in [5.41, 5.74) is 0.852. The zero-order chi connectivity index (χ0) is 25.8. The van der Waals surface area contributed by atoms with Crippen LogP contribution in [0, 0.1) is 0 Å². The fourth-order valence-corrected chi connectivity index (χ4v) is 5.34. The Kier molecular flexibility index (Phi) is 8.64. The van der Waals surface area contributed by atoms with Gasteiger partial charge in [-0.2, -0.15) is 0 Å². The van der Waals surface area contributed by atoms with Gasteiger partial charge in [-0.3, -0.25) is 13.9 Å². The minimum atomic E-state index is -3.85. The van der Waals surface area contributed by atoms with E-state index in [1.165, 1.54) is 11.9 Å². The van der Waals surface area contributed by atoms with E-state index in [1.807, 2.05) is 18.2 Å². The molecule has 3 rings (SSSR count). The SMILES string of the molecule is CC[C@@H](C(=O)NC)N(Cc1c(Cl)cccc1Cl)C(=O)CN(c1cccc2ccccc12)S(C)(=O)=O. The van der Waals surface area contributed by atoms with Crippen molar-refractivity contribution < 1.29 is 18.0 Å². The molecular formula is C25H27Cl2N3O4S. The summed E-state index contributed by atoms with van der Waals surface area (Å²) in [6.45, 7) is 1.21. The summed E-state index contributed by atoms with van der Waals surface area (Å²) in [7, 11) is -2.37. The van der Waals surface area contributed by atoms with E-state index in [2.05, 4.69) is 5.32 Å². The lowest BCUT2D eigenvalue weighted by molar-refractivity contribution is -0.140. The van der Waals surface area contributed by atoms with Gasteiger partial charge in [0.2, 0.25) is 21.8 Å². The van der Waals surface area contributed by atoms with Gasteiger partial charge in [-0.25, -0.2) is 8.42 Å². The second kappa shape index (κ2) is 11.3. The van der Waals surface area contributed by atoms with Crippen LogP contribution in [0.5, 0.6) is 0 Å². The molecule has 1 N–H and O–H groups in total. The van der Waals surface area contributed by atoms with E-state index in [4.69, 9.17) is 23.2 Å².